The zero-order valence-electron chi connectivity index (χ0n) is 23.1. The summed E-state index contributed by atoms with van der Waals surface area (Å²) in [6.07, 6.45) is -6.81. The van der Waals surface area contributed by atoms with Crippen molar-refractivity contribution in [3.8, 4) is 0 Å². The number of hydroxylamine groups is 2. The van der Waals surface area contributed by atoms with Gasteiger partial charge in [-0.1, -0.05) is 19.8 Å². The lowest BCUT2D eigenvalue weighted by molar-refractivity contribution is -0.137. The second-order valence-corrected chi connectivity index (χ2v) is 9.85. The van der Waals surface area contributed by atoms with Crippen LogP contribution in [-0.4, -0.2) is 152 Å². The molecule has 8 atom stereocenters. The largest absolute Gasteiger partial charge is 0.394 e. The van der Waals surface area contributed by atoms with E-state index in [9.17, 15) is 40.9 Å². The van der Waals surface area contributed by atoms with Gasteiger partial charge in [0.1, 0.15) is 48.8 Å². The molecule has 39 heavy (non-hydrogen) atoms. The molecule has 0 heterocycles. The van der Waals surface area contributed by atoms with Gasteiger partial charge in [-0.2, -0.15) is 0 Å². The van der Waals surface area contributed by atoms with E-state index in [1.807, 2.05) is 7.05 Å². The van der Waals surface area contributed by atoms with E-state index in [1.165, 1.54) is 0 Å². The maximum absolute atomic E-state index is 9.88. The Bertz CT molecular complexity index is 542. The van der Waals surface area contributed by atoms with Crippen LogP contribution in [-0.2, 0) is 9.68 Å². The number of hydrogen-bond donors (Lipinski definition) is 13. The predicted octanol–water partition coefficient (Wildman–Crippen LogP) is -4.39. The molecule has 0 fully saturated rings. The van der Waals surface area contributed by atoms with Gasteiger partial charge in [0.2, 0.25) is 0 Å². The fourth-order valence-corrected chi connectivity index (χ4v) is 4.02. The first-order valence-electron chi connectivity index (χ1n) is 13.5. The molecule has 0 aliphatic rings. The SMILES string of the molecule is CCCCC(CCCNOCC(O)C(O)C(O)C(O)CO)(CCCNOCC(O)C(O)C(O)C(O)CO)NC. The molecule has 15 heteroatoms. The van der Waals surface area contributed by atoms with Crippen molar-refractivity contribution in [1.29, 1.82) is 0 Å². The molecule has 0 amide bonds. The summed E-state index contributed by atoms with van der Waals surface area (Å²) < 4.78 is 0. The quantitative estimate of drug-likeness (QED) is 0.0343. The van der Waals surface area contributed by atoms with Gasteiger partial charge in [0.25, 0.3) is 0 Å². The van der Waals surface area contributed by atoms with Gasteiger partial charge in [-0.25, -0.2) is 11.0 Å². The Morgan fingerprint density at radius 2 is 0.949 bits per heavy atom. The van der Waals surface area contributed by atoms with E-state index in [0.717, 1.165) is 44.9 Å². The Morgan fingerprint density at radius 1 is 0.590 bits per heavy atom. The highest BCUT2D eigenvalue weighted by Gasteiger charge is 2.31. The molecule has 0 aliphatic carbocycles. The van der Waals surface area contributed by atoms with Crippen LogP contribution in [0.5, 0.6) is 0 Å². The van der Waals surface area contributed by atoms with Crippen LogP contribution in [0.2, 0.25) is 0 Å². The summed E-state index contributed by atoms with van der Waals surface area (Å²) in [4.78, 5) is 10.3. The Morgan fingerprint density at radius 3 is 1.28 bits per heavy atom. The molecule has 0 rings (SSSR count). The topological polar surface area (TPSA) is 257 Å². The zero-order chi connectivity index (χ0) is 29.8. The smallest absolute Gasteiger partial charge is 0.111 e. The second kappa shape index (κ2) is 22.1. The second-order valence-electron chi connectivity index (χ2n) is 9.85. The van der Waals surface area contributed by atoms with Crippen LogP contribution in [0.1, 0.15) is 51.9 Å². The monoisotopic (exact) mass is 575 g/mol. The first-order valence-corrected chi connectivity index (χ1v) is 13.5. The van der Waals surface area contributed by atoms with Crippen LogP contribution in [0, 0.1) is 0 Å². The van der Waals surface area contributed by atoms with Crippen molar-refractivity contribution < 1.29 is 60.7 Å². The van der Waals surface area contributed by atoms with Crippen LogP contribution in [0.3, 0.4) is 0 Å². The van der Waals surface area contributed by atoms with Gasteiger partial charge in [-0.05, 0) is 39.2 Å². The highest BCUT2D eigenvalue weighted by molar-refractivity contribution is 4.87. The minimum atomic E-state index is -1.71. The lowest BCUT2D eigenvalue weighted by atomic mass is 9.83. The fraction of sp³-hybridized carbons (Fsp3) is 1.00. The molecule has 0 aromatic heterocycles. The molecular formula is C24H53N3O12. The maximum Gasteiger partial charge on any atom is 0.111 e. The molecule has 0 spiro atoms. The third kappa shape index (κ3) is 15.3. The van der Waals surface area contributed by atoms with Gasteiger partial charge in [0.05, 0.1) is 26.4 Å². The zero-order valence-corrected chi connectivity index (χ0v) is 23.1. The van der Waals surface area contributed by atoms with E-state index in [0.29, 0.717) is 13.1 Å². The van der Waals surface area contributed by atoms with Gasteiger partial charge >= 0.3 is 0 Å². The van der Waals surface area contributed by atoms with E-state index >= 15 is 0 Å². The summed E-state index contributed by atoms with van der Waals surface area (Å²) in [7, 11) is 1.90. The van der Waals surface area contributed by atoms with Gasteiger partial charge in [0, 0.05) is 18.6 Å². The van der Waals surface area contributed by atoms with Gasteiger partial charge in [-0.3, -0.25) is 9.68 Å². The van der Waals surface area contributed by atoms with Gasteiger partial charge in [0.15, 0.2) is 0 Å². The number of aliphatic hydroxyl groups is 10. The van der Waals surface area contributed by atoms with Crippen molar-refractivity contribution in [2.75, 3.05) is 46.6 Å². The molecule has 15 nitrogen and oxygen atoms in total. The summed E-state index contributed by atoms with van der Waals surface area (Å²) in [5, 5.41) is 98.4. The van der Waals surface area contributed by atoms with Crippen molar-refractivity contribution in [3.63, 3.8) is 0 Å². The average molecular weight is 576 g/mol. The molecular weight excluding hydrogens is 522 g/mol. The molecule has 0 aromatic carbocycles. The third-order valence-electron chi connectivity index (χ3n) is 6.77. The summed E-state index contributed by atoms with van der Waals surface area (Å²) in [5.41, 5.74) is 5.27. The normalized spacial score (nSPS) is 20.0. The minimum absolute atomic E-state index is 0.153. The van der Waals surface area contributed by atoms with E-state index in [-0.39, 0.29) is 18.8 Å². The van der Waals surface area contributed by atoms with Crippen molar-refractivity contribution in [2.24, 2.45) is 0 Å². The van der Waals surface area contributed by atoms with Gasteiger partial charge < -0.3 is 56.4 Å². The van der Waals surface area contributed by atoms with Crippen LogP contribution >= 0.6 is 0 Å². The molecule has 0 bridgehead atoms. The standard InChI is InChI=1S/C24H53N3O12/c1-3-4-7-24(25-2,8-5-10-26-38-14-18(32)22(36)20(34)16(30)12-28)9-6-11-27-39-15-19(33)23(37)21(35)17(31)13-29/h16-23,25-37H,3-15H2,1-2H3. The molecule has 8 unspecified atom stereocenters. The number of rotatable bonds is 26. The van der Waals surface area contributed by atoms with Crippen LogP contribution in [0.4, 0.5) is 0 Å². The van der Waals surface area contributed by atoms with E-state index in [1.54, 1.807) is 0 Å². The first kappa shape index (κ1) is 38.4. The third-order valence-corrected chi connectivity index (χ3v) is 6.77. The van der Waals surface area contributed by atoms with Crippen molar-refractivity contribution in [2.45, 2.75) is 106 Å². The highest BCUT2D eigenvalue weighted by atomic mass is 16.7. The van der Waals surface area contributed by atoms with Crippen LogP contribution in [0.25, 0.3) is 0 Å². The highest BCUT2D eigenvalue weighted by Crippen LogP contribution is 2.25. The molecule has 0 aliphatic heterocycles. The molecule has 13 N–H and O–H groups in total. The Hall–Kier alpha value is -0.600. The lowest BCUT2D eigenvalue weighted by Crippen LogP contribution is -2.48. The predicted molar refractivity (Wildman–Crippen MR) is 140 cm³/mol. The van der Waals surface area contributed by atoms with Crippen molar-refractivity contribution >= 4 is 0 Å². The lowest BCUT2D eigenvalue weighted by Gasteiger charge is -2.34. The number of aliphatic hydroxyl groups excluding tert-OH is 10. The van der Waals surface area contributed by atoms with Gasteiger partial charge in [-0.15, -0.1) is 0 Å². The van der Waals surface area contributed by atoms with Crippen LogP contribution in [0.15, 0.2) is 0 Å². The number of nitrogens with one attached hydrogen (secondary N) is 3. The molecule has 236 valence electrons. The maximum atomic E-state index is 9.88. The fourth-order valence-electron chi connectivity index (χ4n) is 4.02. The summed E-state index contributed by atoms with van der Waals surface area (Å²) in [5.74, 6) is 0. The Kier molecular flexibility index (Phi) is 21.7. The summed E-state index contributed by atoms with van der Waals surface area (Å²) in [6.45, 7) is 0.849. The molecule has 0 radical (unpaired) electrons. The molecule has 0 saturated carbocycles. The minimum Gasteiger partial charge on any atom is -0.394 e. The summed E-state index contributed by atoms with van der Waals surface area (Å²) in [6, 6.07) is 0. The van der Waals surface area contributed by atoms with Crippen LogP contribution < -0.4 is 16.3 Å². The Balaban J connectivity index is 4.40. The first-order chi connectivity index (χ1) is 18.5. The Labute approximate surface area is 230 Å². The average Bonchev–Trinajstić information content (AvgIpc) is 2.95. The van der Waals surface area contributed by atoms with Crippen molar-refractivity contribution in [1.82, 2.24) is 16.3 Å². The molecule has 0 aromatic rings. The number of hydrogen-bond acceptors (Lipinski definition) is 15. The van der Waals surface area contributed by atoms with E-state index in [4.69, 9.17) is 19.9 Å². The van der Waals surface area contributed by atoms with Crippen molar-refractivity contribution in [3.05, 3.63) is 0 Å². The molecule has 0 saturated heterocycles. The van der Waals surface area contributed by atoms with E-state index in [2.05, 4.69) is 23.2 Å². The van der Waals surface area contributed by atoms with E-state index < -0.39 is 62.0 Å². The number of unbranched alkanes of at least 4 members (excludes halogenated alkanes) is 1. The summed E-state index contributed by atoms with van der Waals surface area (Å²) >= 11 is 0.